The molecular formula is C11H15BrN2O3S. The van der Waals surface area contributed by atoms with E-state index >= 15 is 0 Å². The van der Waals surface area contributed by atoms with Crippen molar-refractivity contribution >= 4 is 31.6 Å². The van der Waals surface area contributed by atoms with Gasteiger partial charge in [-0.2, -0.15) is 0 Å². The van der Waals surface area contributed by atoms with Crippen LogP contribution in [0, 0.1) is 6.92 Å². The number of sulfonamides is 1. The Morgan fingerprint density at radius 1 is 1.39 bits per heavy atom. The summed E-state index contributed by atoms with van der Waals surface area (Å²) in [5.74, 6) is 0. The van der Waals surface area contributed by atoms with E-state index in [-0.39, 0.29) is 5.25 Å². The summed E-state index contributed by atoms with van der Waals surface area (Å²) in [6.07, 6.45) is 1.08. The van der Waals surface area contributed by atoms with Crippen LogP contribution in [-0.2, 0) is 14.8 Å². The lowest BCUT2D eigenvalue weighted by Crippen LogP contribution is -2.33. The van der Waals surface area contributed by atoms with Crippen LogP contribution in [0.2, 0.25) is 0 Å². The second kappa shape index (κ2) is 5.54. The number of aromatic nitrogens is 1. The maximum absolute atomic E-state index is 12.2. The van der Waals surface area contributed by atoms with Crippen molar-refractivity contribution in [1.82, 2.24) is 4.98 Å². The molecule has 0 atom stereocenters. The van der Waals surface area contributed by atoms with Crippen LogP contribution < -0.4 is 4.72 Å². The van der Waals surface area contributed by atoms with E-state index in [1.54, 1.807) is 19.1 Å². The van der Waals surface area contributed by atoms with Gasteiger partial charge in [0, 0.05) is 13.2 Å². The standard InChI is InChI=1S/C11H15BrN2O3S/c1-8-10(2-3-11(12)13-8)14-18(15,16)9-4-6-17-7-5-9/h2-3,9,14H,4-7H2,1H3. The van der Waals surface area contributed by atoms with Crippen molar-refractivity contribution in [2.75, 3.05) is 17.9 Å². The molecule has 1 aromatic rings. The number of hydrogen-bond acceptors (Lipinski definition) is 4. The maximum atomic E-state index is 12.2. The second-order valence-electron chi connectivity index (χ2n) is 4.23. The summed E-state index contributed by atoms with van der Waals surface area (Å²) in [4.78, 5) is 4.17. The lowest BCUT2D eigenvalue weighted by Gasteiger charge is -2.23. The van der Waals surface area contributed by atoms with Gasteiger partial charge in [-0.15, -0.1) is 0 Å². The number of hydrogen-bond donors (Lipinski definition) is 1. The second-order valence-corrected chi connectivity index (χ2v) is 7.00. The van der Waals surface area contributed by atoms with Crippen molar-refractivity contribution in [3.63, 3.8) is 0 Å². The van der Waals surface area contributed by atoms with Crippen molar-refractivity contribution in [3.8, 4) is 0 Å². The Hall–Kier alpha value is -0.660. The molecular weight excluding hydrogens is 320 g/mol. The molecule has 0 radical (unpaired) electrons. The fourth-order valence-electron chi connectivity index (χ4n) is 1.86. The highest BCUT2D eigenvalue weighted by atomic mass is 79.9. The predicted octanol–water partition coefficient (Wildman–Crippen LogP) is 2.07. The van der Waals surface area contributed by atoms with Gasteiger partial charge in [-0.3, -0.25) is 4.72 Å². The molecule has 5 nitrogen and oxygen atoms in total. The molecule has 0 saturated carbocycles. The summed E-state index contributed by atoms with van der Waals surface area (Å²) < 4.78 is 32.9. The van der Waals surface area contributed by atoms with Crippen molar-refractivity contribution in [2.45, 2.75) is 25.0 Å². The fraction of sp³-hybridized carbons (Fsp3) is 0.545. The molecule has 0 aliphatic carbocycles. The zero-order valence-electron chi connectivity index (χ0n) is 10.0. The Labute approximate surface area is 115 Å². The van der Waals surface area contributed by atoms with Crippen molar-refractivity contribution in [2.24, 2.45) is 0 Å². The van der Waals surface area contributed by atoms with Crippen LogP contribution in [0.15, 0.2) is 16.7 Å². The van der Waals surface area contributed by atoms with Crippen LogP contribution in [0.4, 0.5) is 5.69 Å². The van der Waals surface area contributed by atoms with Crippen molar-refractivity contribution in [3.05, 3.63) is 22.4 Å². The summed E-state index contributed by atoms with van der Waals surface area (Å²) in [6, 6.07) is 3.43. The zero-order valence-corrected chi connectivity index (χ0v) is 12.4. The van der Waals surface area contributed by atoms with Gasteiger partial charge in [-0.25, -0.2) is 13.4 Å². The van der Waals surface area contributed by atoms with E-state index in [4.69, 9.17) is 4.74 Å². The van der Waals surface area contributed by atoms with Gasteiger partial charge >= 0.3 is 0 Å². The average molecular weight is 335 g/mol. The van der Waals surface area contributed by atoms with E-state index in [1.165, 1.54) is 0 Å². The molecule has 1 N–H and O–H groups in total. The monoisotopic (exact) mass is 334 g/mol. The van der Waals surface area contributed by atoms with Gasteiger partial charge in [0.25, 0.3) is 0 Å². The molecule has 0 aromatic carbocycles. The number of anilines is 1. The summed E-state index contributed by atoms with van der Waals surface area (Å²) >= 11 is 3.25. The van der Waals surface area contributed by atoms with Crippen LogP contribution in [0.25, 0.3) is 0 Å². The van der Waals surface area contributed by atoms with Gasteiger partial charge in [0.05, 0.1) is 16.6 Å². The highest BCUT2D eigenvalue weighted by Crippen LogP contribution is 2.22. The molecule has 0 bridgehead atoms. The third-order valence-corrected chi connectivity index (χ3v) is 5.21. The number of rotatable bonds is 3. The van der Waals surface area contributed by atoms with E-state index in [1.807, 2.05) is 0 Å². The Morgan fingerprint density at radius 3 is 2.67 bits per heavy atom. The Bertz CT molecular complexity index is 527. The molecule has 1 aliphatic heterocycles. The summed E-state index contributed by atoms with van der Waals surface area (Å²) in [5, 5.41) is -0.380. The van der Waals surface area contributed by atoms with Gasteiger partial charge in [0.1, 0.15) is 4.60 Å². The van der Waals surface area contributed by atoms with E-state index in [0.717, 1.165) is 0 Å². The normalized spacial score (nSPS) is 17.7. The molecule has 0 amide bonds. The Kier molecular flexibility index (Phi) is 4.24. The molecule has 1 aliphatic rings. The molecule has 2 heterocycles. The molecule has 0 unspecified atom stereocenters. The first-order valence-corrected chi connectivity index (χ1v) is 8.05. The van der Waals surface area contributed by atoms with Crippen LogP contribution in [0.5, 0.6) is 0 Å². The first-order chi connectivity index (χ1) is 8.49. The molecule has 18 heavy (non-hydrogen) atoms. The molecule has 2 rings (SSSR count). The number of halogens is 1. The lowest BCUT2D eigenvalue weighted by atomic mass is 10.2. The summed E-state index contributed by atoms with van der Waals surface area (Å²) in [6.45, 7) is 2.78. The third-order valence-electron chi connectivity index (χ3n) is 2.91. The van der Waals surface area contributed by atoms with Gasteiger partial charge in [-0.05, 0) is 47.8 Å². The van der Waals surface area contributed by atoms with E-state index in [9.17, 15) is 8.42 Å². The maximum Gasteiger partial charge on any atom is 0.235 e. The van der Waals surface area contributed by atoms with Gasteiger partial charge < -0.3 is 4.74 Å². The van der Waals surface area contributed by atoms with E-state index in [2.05, 4.69) is 25.6 Å². The zero-order chi connectivity index (χ0) is 13.2. The molecule has 1 saturated heterocycles. The topological polar surface area (TPSA) is 68.3 Å². The fourth-order valence-corrected chi connectivity index (χ4v) is 3.76. The SMILES string of the molecule is Cc1nc(Br)ccc1NS(=O)(=O)C1CCOCC1. The Balaban J connectivity index is 2.16. The first kappa shape index (κ1) is 13.8. The third kappa shape index (κ3) is 3.21. The van der Waals surface area contributed by atoms with E-state index in [0.29, 0.717) is 42.0 Å². The largest absolute Gasteiger partial charge is 0.381 e. The Morgan fingerprint density at radius 2 is 2.06 bits per heavy atom. The van der Waals surface area contributed by atoms with Crippen LogP contribution in [0.3, 0.4) is 0 Å². The molecule has 100 valence electrons. The highest BCUT2D eigenvalue weighted by molar-refractivity contribution is 9.10. The number of nitrogens with zero attached hydrogens (tertiary/aromatic N) is 1. The van der Waals surface area contributed by atoms with E-state index < -0.39 is 10.0 Å². The minimum atomic E-state index is -3.36. The number of pyridine rings is 1. The lowest BCUT2D eigenvalue weighted by molar-refractivity contribution is 0.0984. The van der Waals surface area contributed by atoms with Gasteiger partial charge in [0.15, 0.2) is 0 Å². The smallest absolute Gasteiger partial charge is 0.235 e. The van der Waals surface area contributed by atoms with Crippen LogP contribution >= 0.6 is 15.9 Å². The molecule has 7 heteroatoms. The van der Waals surface area contributed by atoms with Crippen molar-refractivity contribution < 1.29 is 13.2 Å². The number of ether oxygens (including phenoxy) is 1. The molecule has 1 aromatic heterocycles. The summed E-state index contributed by atoms with van der Waals surface area (Å²) in [5.41, 5.74) is 1.18. The van der Waals surface area contributed by atoms with Gasteiger partial charge in [-0.1, -0.05) is 0 Å². The van der Waals surface area contributed by atoms with Crippen LogP contribution in [-0.4, -0.2) is 31.9 Å². The van der Waals surface area contributed by atoms with Crippen LogP contribution in [0.1, 0.15) is 18.5 Å². The van der Waals surface area contributed by atoms with Crippen molar-refractivity contribution in [1.29, 1.82) is 0 Å². The molecule has 0 spiro atoms. The highest BCUT2D eigenvalue weighted by Gasteiger charge is 2.28. The average Bonchev–Trinajstić information content (AvgIpc) is 2.34. The quantitative estimate of drug-likeness (QED) is 0.859. The minimum Gasteiger partial charge on any atom is -0.381 e. The molecule has 1 fully saturated rings. The number of nitrogens with one attached hydrogen (secondary N) is 1. The first-order valence-electron chi connectivity index (χ1n) is 5.71. The number of aryl methyl sites for hydroxylation is 1. The summed E-state index contributed by atoms with van der Waals surface area (Å²) in [7, 11) is -3.36. The minimum absolute atomic E-state index is 0.380. The van der Waals surface area contributed by atoms with Gasteiger partial charge in [0.2, 0.25) is 10.0 Å². The predicted molar refractivity (Wildman–Crippen MR) is 73.1 cm³/mol.